The summed E-state index contributed by atoms with van der Waals surface area (Å²) < 4.78 is 37.4. The molecule has 1 saturated carbocycles. The molecule has 0 spiro atoms. The fourth-order valence-corrected chi connectivity index (χ4v) is 2.52. The molecular formula is C13H11F3N2O. The molecule has 2 aliphatic rings. The Morgan fingerprint density at radius 1 is 1.21 bits per heavy atom. The molecule has 0 saturated heterocycles. The van der Waals surface area contributed by atoms with Crippen molar-refractivity contribution in [3.63, 3.8) is 0 Å². The molecule has 1 fully saturated rings. The van der Waals surface area contributed by atoms with Gasteiger partial charge in [-0.3, -0.25) is 4.79 Å². The Hall–Kier alpha value is -1.85. The molecule has 0 bridgehead atoms. The van der Waals surface area contributed by atoms with Crippen molar-refractivity contribution in [2.24, 2.45) is 11.0 Å². The summed E-state index contributed by atoms with van der Waals surface area (Å²) in [7, 11) is 0. The Kier molecular flexibility index (Phi) is 2.62. The molecule has 1 amide bonds. The molecule has 100 valence electrons. The van der Waals surface area contributed by atoms with Crippen LogP contribution in [0.5, 0.6) is 0 Å². The van der Waals surface area contributed by atoms with Gasteiger partial charge in [-0.15, -0.1) is 0 Å². The normalized spacial score (nSPS) is 22.7. The minimum Gasteiger partial charge on any atom is -0.272 e. The molecule has 3 nitrogen and oxygen atoms in total. The lowest BCUT2D eigenvalue weighted by molar-refractivity contribution is -0.137. The number of carbonyl (C=O) groups is 1. The third-order valence-corrected chi connectivity index (χ3v) is 3.50. The number of halogens is 3. The average Bonchev–Trinajstić information content (AvgIpc) is 2.92. The van der Waals surface area contributed by atoms with Crippen LogP contribution in [0.3, 0.4) is 0 Å². The number of nitrogens with zero attached hydrogens (tertiary/aromatic N) is 2. The fourth-order valence-electron chi connectivity index (χ4n) is 2.52. The monoisotopic (exact) mass is 268 g/mol. The summed E-state index contributed by atoms with van der Waals surface area (Å²) in [6, 6.07) is 4.51. The predicted molar refractivity (Wildman–Crippen MR) is 63.7 cm³/mol. The van der Waals surface area contributed by atoms with E-state index in [1.165, 1.54) is 17.1 Å². The first-order valence-electron chi connectivity index (χ1n) is 6.05. The third kappa shape index (κ3) is 2.01. The Bertz CT molecular complexity index is 548. The lowest BCUT2D eigenvalue weighted by Crippen LogP contribution is -2.25. The van der Waals surface area contributed by atoms with Gasteiger partial charge in [0.25, 0.3) is 5.91 Å². The van der Waals surface area contributed by atoms with E-state index >= 15 is 0 Å². The Labute approximate surface area is 107 Å². The van der Waals surface area contributed by atoms with Crippen molar-refractivity contribution in [1.82, 2.24) is 0 Å². The van der Waals surface area contributed by atoms with E-state index in [1.807, 2.05) is 0 Å². The van der Waals surface area contributed by atoms with Crippen LogP contribution in [0.15, 0.2) is 29.4 Å². The van der Waals surface area contributed by atoms with Gasteiger partial charge in [0.05, 0.1) is 22.9 Å². The maximum atomic E-state index is 12.5. The standard InChI is InChI=1S/C13H11F3N2O/c14-13(15,16)8-4-6-9(7-5-8)18-12(19)10-2-1-3-11(10)17-18/h4-7,10H,1-3H2. The van der Waals surface area contributed by atoms with E-state index in [1.54, 1.807) is 0 Å². The summed E-state index contributed by atoms with van der Waals surface area (Å²) >= 11 is 0. The number of benzene rings is 1. The number of hydrogen-bond donors (Lipinski definition) is 0. The van der Waals surface area contributed by atoms with Crippen LogP contribution in [0.4, 0.5) is 18.9 Å². The van der Waals surface area contributed by atoms with Gasteiger partial charge in [-0.05, 0) is 43.5 Å². The average molecular weight is 268 g/mol. The van der Waals surface area contributed by atoms with Crippen LogP contribution < -0.4 is 5.01 Å². The SMILES string of the molecule is O=C1C2CCCC2=NN1c1ccc(C(F)(F)F)cc1. The third-order valence-electron chi connectivity index (χ3n) is 3.50. The Morgan fingerprint density at radius 2 is 1.89 bits per heavy atom. The number of hydrazone groups is 1. The summed E-state index contributed by atoms with van der Waals surface area (Å²) in [4.78, 5) is 12.1. The summed E-state index contributed by atoms with van der Waals surface area (Å²) in [5.41, 5.74) is 0.514. The molecule has 0 N–H and O–H groups in total. The molecule has 0 radical (unpaired) electrons. The highest BCUT2D eigenvalue weighted by molar-refractivity contribution is 6.16. The highest BCUT2D eigenvalue weighted by atomic mass is 19.4. The van der Waals surface area contributed by atoms with Crippen LogP contribution in [0, 0.1) is 5.92 Å². The van der Waals surface area contributed by atoms with Crippen molar-refractivity contribution in [3.05, 3.63) is 29.8 Å². The molecular weight excluding hydrogens is 257 g/mol. The number of alkyl halides is 3. The summed E-state index contributed by atoms with van der Waals surface area (Å²) in [6.45, 7) is 0. The number of carbonyl (C=O) groups excluding carboxylic acids is 1. The van der Waals surface area contributed by atoms with Gasteiger partial charge in [0, 0.05) is 0 Å². The minimum atomic E-state index is -4.37. The van der Waals surface area contributed by atoms with Gasteiger partial charge in [-0.25, -0.2) is 5.01 Å². The molecule has 0 aromatic heterocycles. The smallest absolute Gasteiger partial charge is 0.272 e. The predicted octanol–water partition coefficient (Wildman–Crippen LogP) is 3.21. The minimum absolute atomic E-state index is 0.132. The van der Waals surface area contributed by atoms with Gasteiger partial charge >= 0.3 is 6.18 Å². The Balaban J connectivity index is 1.88. The van der Waals surface area contributed by atoms with Crippen LogP contribution in [0.2, 0.25) is 0 Å². The number of rotatable bonds is 1. The van der Waals surface area contributed by atoms with E-state index in [-0.39, 0.29) is 11.8 Å². The maximum absolute atomic E-state index is 12.5. The highest BCUT2D eigenvalue weighted by Gasteiger charge is 2.39. The van der Waals surface area contributed by atoms with Gasteiger partial charge in [0.15, 0.2) is 0 Å². The lowest BCUT2D eigenvalue weighted by Gasteiger charge is -2.14. The molecule has 3 rings (SSSR count). The van der Waals surface area contributed by atoms with Crippen LogP contribution in [0.25, 0.3) is 0 Å². The lowest BCUT2D eigenvalue weighted by atomic mass is 10.1. The van der Waals surface area contributed by atoms with Crippen molar-refractivity contribution < 1.29 is 18.0 Å². The van der Waals surface area contributed by atoms with E-state index in [2.05, 4.69) is 5.10 Å². The van der Waals surface area contributed by atoms with E-state index < -0.39 is 11.7 Å². The molecule has 1 aliphatic carbocycles. The second kappa shape index (κ2) is 4.08. The highest BCUT2D eigenvalue weighted by Crippen LogP contribution is 2.35. The molecule has 19 heavy (non-hydrogen) atoms. The molecule has 1 aliphatic heterocycles. The van der Waals surface area contributed by atoms with Gasteiger partial charge in [0.2, 0.25) is 0 Å². The van der Waals surface area contributed by atoms with E-state index in [0.29, 0.717) is 5.69 Å². The zero-order chi connectivity index (χ0) is 13.6. The summed E-state index contributed by atoms with van der Waals surface area (Å²) in [6.07, 6.45) is -1.83. The molecule has 1 unspecified atom stereocenters. The number of fused-ring (bicyclic) bond motifs is 1. The van der Waals surface area contributed by atoms with Crippen molar-refractivity contribution in [3.8, 4) is 0 Å². The van der Waals surface area contributed by atoms with Crippen LogP contribution >= 0.6 is 0 Å². The summed E-state index contributed by atoms with van der Waals surface area (Å²) in [5.74, 6) is -0.297. The van der Waals surface area contributed by atoms with E-state index in [4.69, 9.17) is 0 Å². The van der Waals surface area contributed by atoms with Crippen molar-refractivity contribution >= 4 is 17.3 Å². The molecule has 1 aromatic rings. The van der Waals surface area contributed by atoms with Crippen molar-refractivity contribution in [1.29, 1.82) is 0 Å². The summed E-state index contributed by atoms with van der Waals surface area (Å²) in [5, 5.41) is 5.43. The van der Waals surface area contributed by atoms with Gasteiger partial charge in [-0.1, -0.05) is 0 Å². The molecule has 1 atom stereocenters. The second-order valence-electron chi connectivity index (χ2n) is 4.73. The van der Waals surface area contributed by atoms with Gasteiger partial charge in [0.1, 0.15) is 0 Å². The quantitative estimate of drug-likeness (QED) is 0.769. The van der Waals surface area contributed by atoms with Crippen LogP contribution in [-0.2, 0) is 11.0 Å². The van der Waals surface area contributed by atoms with E-state index in [9.17, 15) is 18.0 Å². The first-order chi connectivity index (χ1) is 8.97. The fraction of sp³-hybridized carbons (Fsp3) is 0.385. The maximum Gasteiger partial charge on any atom is 0.416 e. The number of amides is 1. The topological polar surface area (TPSA) is 32.7 Å². The zero-order valence-corrected chi connectivity index (χ0v) is 9.94. The van der Waals surface area contributed by atoms with Crippen molar-refractivity contribution in [2.75, 3.05) is 5.01 Å². The van der Waals surface area contributed by atoms with Crippen LogP contribution in [0.1, 0.15) is 24.8 Å². The number of anilines is 1. The van der Waals surface area contributed by atoms with Crippen LogP contribution in [-0.4, -0.2) is 11.6 Å². The number of hydrogen-bond acceptors (Lipinski definition) is 2. The van der Waals surface area contributed by atoms with Gasteiger partial charge in [-0.2, -0.15) is 18.3 Å². The Morgan fingerprint density at radius 3 is 2.47 bits per heavy atom. The largest absolute Gasteiger partial charge is 0.416 e. The molecule has 6 heteroatoms. The molecule has 1 heterocycles. The first-order valence-corrected chi connectivity index (χ1v) is 6.05. The second-order valence-corrected chi connectivity index (χ2v) is 4.73. The first kappa shape index (κ1) is 12.2. The zero-order valence-electron chi connectivity index (χ0n) is 9.94. The molecule has 1 aromatic carbocycles. The van der Waals surface area contributed by atoms with Crippen molar-refractivity contribution in [2.45, 2.75) is 25.4 Å². The van der Waals surface area contributed by atoms with Gasteiger partial charge < -0.3 is 0 Å². The van der Waals surface area contributed by atoms with E-state index in [0.717, 1.165) is 37.1 Å².